The first-order valence-electron chi connectivity index (χ1n) is 8.31. The van der Waals surface area contributed by atoms with Gasteiger partial charge in [0.2, 0.25) is 5.91 Å². The Morgan fingerprint density at radius 3 is 1.78 bits per heavy atom. The zero-order valence-electron chi connectivity index (χ0n) is 14.1. The number of hydrogen-bond donors (Lipinski definition) is 0. The van der Waals surface area contributed by atoms with Crippen molar-refractivity contribution in [2.75, 3.05) is 19.6 Å². The van der Waals surface area contributed by atoms with Gasteiger partial charge in [-0.1, -0.05) is 67.6 Å². The molecule has 2 aromatic carbocycles. The molecule has 23 heavy (non-hydrogen) atoms. The van der Waals surface area contributed by atoms with Crippen LogP contribution in [0.1, 0.15) is 25.0 Å². The number of amides is 1. The third kappa shape index (κ3) is 5.53. The van der Waals surface area contributed by atoms with Crippen LogP contribution in [0.3, 0.4) is 0 Å². The molecule has 0 saturated heterocycles. The largest absolute Gasteiger partial charge is 0.338 e. The first kappa shape index (κ1) is 17.2. The summed E-state index contributed by atoms with van der Waals surface area (Å²) in [6, 6.07) is 20.5. The molecule has 0 aromatic heterocycles. The maximum Gasteiger partial charge on any atom is 0.237 e. The summed E-state index contributed by atoms with van der Waals surface area (Å²) in [4.78, 5) is 16.7. The average molecular weight is 310 g/mol. The van der Waals surface area contributed by atoms with Crippen molar-refractivity contribution in [2.45, 2.75) is 26.9 Å². The van der Waals surface area contributed by atoms with Crippen molar-refractivity contribution in [2.24, 2.45) is 0 Å². The van der Waals surface area contributed by atoms with Crippen LogP contribution in [-0.2, 0) is 17.9 Å². The number of rotatable bonds is 8. The van der Waals surface area contributed by atoms with E-state index in [4.69, 9.17) is 0 Å². The van der Waals surface area contributed by atoms with E-state index in [0.29, 0.717) is 13.1 Å². The van der Waals surface area contributed by atoms with Crippen LogP contribution >= 0.6 is 0 Å². The summed E-state index contributed by atoms with van der Waals surface area (Å²) < 4.78 is 0. The Hall–Kier alpha value is -2.13. The van der Waals surface area contributed by atoms with E-state index in [9.17, 15) is 4.79 Å². The molecule has 0 atom stereocenters. The standard InChI is InChI=1S/C20H26N2O/c1-3-21(15-18-11-7-5-8-12-18)17-20(23)22(4-2)16-19-13-9-6-10-14-19/h5-14H,3-4,15-17H2,1-2H3. The van der Waals surface area contributed by atoms with Crippen molar-refractivity contribution < 1.29 is 4.79 Å². The van der Waals surface area contributed by atoms with Crippen LogP contribution < -0.4 is 0 Å². The molecule has 0 spiro atoms. The first-order valence-corrected chi connectivity index (χ1v) is 8.31. The van der Waals surface area contributed by atoms with Crippen LogP contribution in [0.5, 0.6) is 0 Å². The zero-order valence-corrected chi connectivity index (χ0v) is 14.1. The quantitative estimate of drug-likeness (QED) is 0.744. The van der Waals surface area contributed by atoms with Crippen molar-refractivity contribution >= 4 is 5.91 Å². The van der Waals surface area contributed by atoms with Crippen molar-refractivity contribution in [1.29, 1.82) is 0 Å². The summed E-state index contributed by atoms with van der Waals surface area (Å²) in [6.45, 7) is 7.69. The molecule has 0 aliphatic rings. The highest BCUT2D eigenvalue weighted by Crippen LogP contribution is 2.08. The third-order valence-corrected chi connectivity index (χ3v) is 4.01. The molecule has 1 amide bonds. The van der Waals surface area contributed by atoms with Crippen LogP contribution in [0, 0.1) is 0 Å². The van der Waals surface area contributed by atoms with Gasteiger partial charge < -0.3 is 4.90 Å². The molecular formula is C20H26N2O. The normalized spacial score (nSPS) is 10.7. The number of carbonyl (C=O) groups is 1. The van der Waals surface area contributed by atoms with Crippen LogP contribution in [0.25, 0.3) is 0 Å². The van der Waals surface area contributed by atoms with E-state index in [1.807, 2.05) is 48.2 Å². The van der Waals surface area contributed by atoms with E-state index < -0.39 is 0 Å². The summed E-state index contributed by atoms with van der Waals surface area (Å²) >= 11 is 0. The molecule has 2 rings (SSSR count). The Kier molecular flexibility index (Phi) is 6.82. The van der Waals surface area contributed by atoms with Gasteiger partial charge in [-0.05, 0) is 24.6 Å². The number of carbonyl (C=O) groups excluding carboxylic acids is 1. The third-order valence-electron chi connectivity index (χ3n) is 4.01. The molecule has 0 heterocycles. The first-order chi connectivity index (χ1) is 11.2. The Bertz CT molecular complexity index is 583. The summed E-state index contributed by atoms with van der Waals surface area (Å²) in [5, 5.41) is 0. The van der Waals surface area contributed by atoms with E-state index >= 15 is 0 Å². The van der Waals surface area contributed by atoms with Gasteiger partial charge >= 0.3 is 0 Å². The van der Waals surface area contributed by atoms with Crippen LogP contribution in [-0.4, -0.2) is 35.3 Å². The average Bonchev–Trinajstić information content (AvgIpc) is 2.60. The molecule has 2 aromatic rings. The highest BCUT2D eigenvalue weighted by molar-refractivity contribution is 5.78. The molecule has 0 fully saturated rings. The van der Waals surface area contributed by atoms with Crippen molar-refractivity contribution in [3.8, 4) is 0 Å². The van der Waals surface area contributed by atoms with Gasteiger partial charge in [0.25, 0.3) is 0 Å². The van der Waals surface area contributed by atoms with Crippen molar-refractivity contribution in [3.05, 3.63) is 71.8 Å². The van der Waals surface area contributed by atoms with E-state index in [2.05, 4.69) is 36.1 Å². The van der Waals surface area contributed by atoms with E-state index in [1.165, 1.54) is 11.1 Å². The SMILES string of the molecule is CCN(CC(=O)N(CC)Cc1ccccc1)Cc1ccccc1. The molecule has 0 aliphatic heterocycles. The zero-order chi connectivity index (χ0) is 16.5. The molecule has 0 saturated carbocycles. The van der Waals surface area contributed by atoms with Gasteiger partial charge in [0.05, 0.1) is 6.54 Å². The lowest BCUT2D eigenvalue weighted by Gasteiger charge is -2.26. The monoisotopic (exact) mass is 310 g/mol. The fourth-order valence-corrected chi connectivity index (χ4v) is 2.59. The second kappa shape index (κ2) is 9.11. The Morgan fingerprint density at radius 2 is 1.30 bits per heavy atom. The highest BCUT2D eigenvalue weighted by atomic mass is 16.2. The predicted octanol–water partition coefficient (Wildman–Crippen LogP) is 3.56. The summed E-state index contributed by atoms with van der Waals surface area (Å²) in [7, 11) is 0. The fraction of sp³-hybridized carbons (Fsp3) is 0.350. The lowest BCUT2D eigenvalue weighted by atomic mass is 10.2. The predicted molar refractivity (Wildman–Crippen MR) is 94.9 cm³/mol. The number of likely N-dealkylation sites (N-methyl/N-ethyl adjacent to an activating group) is 2. The lowest BCUT2D eigenvalue weighted by Crippen LogP contribution is -2.39. The van der Waals surface area contributed by atoms with Gasteiger partial charge in [0.15, 0.2) is 0 Å². The molecule has 3 nitrogen and oxygen atoms in total. The van der Waals surface area contributed by atoms with Crippen molar-refractivity contribution in [3.63, 3.8) is 0 Å². The maximum atomic E-state index is 12.6. The van der Waals surface area contributed by atoms with Crippen molar-refractivity contribution in [1.82, 2.24) is 9.80 Å². The molecule has 0 aliphatic carbocycles. The minimum atomic E-state index is 0.189. The molecular weight excluding hydrogens is 284 g/mol. The Labute approximate surface area is 139 Å². The minimum absolute atomic E-state index is 0.189. The Morgan fingerprint density at radius 1 is 0.783 bits per heavy atom. The molecule has 3 heteroatoms. The second-order valence-electron chi connectivity index (χ2n) is 5.68. The van der Waals surface area contributed by atoms with Gasteiger partial charge in [-0.15, -0.1) is 0 Å². The minimum Gasteiger partial charge on any atom is -0.338 e. The Balaban J connectivity index is 1.94. The van der Waals surface area contributed by atoms with Gasteiger partial charge in [-0.2, -0.15) is 0 Å². The summed E-state index contributed by atoms with van der Waals surface area (Å²) in [6.07, 6.45) is 0. The van der Waals surface area contributed by atoms with Gasteiger partial charge in [0, 0.05) is 19.6 Å². The number of hydrogen-bond acceptors (Lipinski definition) is 2. The summed E-state index contributed by atoms with van der Waals surface area (Å²) in [5.41, 5.74) is 2.42. The van der Waals surface area contributed by atoms with Crippen LogP contribution in [0.4, 0.5) is 0 Å². The molecule has 0 radical (unpaired) electrons. The number of benzene rings is 2. The number of nitrogens with zero attached hydrogens (tertiary/aromatic N) is 2. The smallest absolute Gasteiger partial charge is 0.237 e. The van der Waals surface area contributed by atoms with Crippen LogP contribution in [0.2, 0.25) is 0 Å². The molecule has 0 bridgehead atoms. The highest BCUT2D eigenvalue weighted by Gasteiger charge is 2.15. The lowest BCUT2D eigenvalue weighted by molar-refractivity contribution is -0.132. The van der Waals surface area contributed by atoms with Gasteiger partial charge in [-0.3, -0.25) is 9.69 Å². The van der Waals surface area contributed by atoms with Gasteiger partial charge in [-0.25, -0.2) is 0 Å². The summed E-state index contributed by atoms with van der Waals surface area (Å²) in [5.74, 6) is 0.189. The molecule has 0 N–H and O–H groups in total. The maximum absolute atomic E-state index is 12.6. The molecule has 122 valence electrons. The van der Waals surface area contributed by atoms with Crippen LogP contribution in [0.15, 0.2) is 60.7 Å². The van der Waals surface area contributed by atoms with E-state index in [1.54, 1.807) is 0 Å². The molecule has 0 unspecified atom stereocenters. The topological polar surface area (TPSA) is 23.6 Å². The van der Waals surface area contributed by atoms with E-state index in [-0.39, 0.29) is 5.91 Å². The fourth-order valence-electron chi connectivity index (χ4n) is 2.59. The van der Waals surface area contributed by atoms with E-state index in [0.717, 1.165) is 19.6 Å². The second-order valence-corrected chi connectivity index (χ2v) is 5.68. The van der Waals surface area contributed by atoms with Gasteiger partial charge in [0.1, 0.15) is 0 Å².